The summed E-state index contributed by atoms with van der Waals surface area (Å²) in [6, 6.07) is 7.55. The molecule has 0 saturated carbocycles. The Labute approximate surface area is 139 Å². The zero-order chi connectivity index (χ0) is 16.9. The molecule has 1 heterocycles. The fourth-order valence-electron chi connectivity index (χ4n) is 2.69. The zero-order valence-corrected chi connectivity index (χ0v) is 15.1. The lowest BCUT2D eigenvalue weighted by Crippen LogP contribution is -2.38. The average molecular weight is 341 g/mol. The number of anilines is 2. The third kappa shape index (κ3) is 4.83. The van der Waals surface area contributed by atoms with E-state index in [0.29, 0.717) is 12.1 Å². The van der Waals surface area contributed by atoms with Gasteiger partial charge in [-0.1, -0.05) is 12.1 Å². The molecule has 1 saturated heterocycles. The van der Waals surface area contributed by atoms with Crippen LogP contribution in [0.5, 0.6) is 0 Å². The van der Waals surface area contributed by atoms with E-state index in [1.54, 1.807) is 7.05 Å². The van der Waals surface area contributed by atoms with Gasteiger partial charge in [-0.05, 0) is 25.1 Å². The molecule has 130 valence electrons. The molecule has 0 amide bonds. The lowest BCUT2D eigenvalue weighted by Gasteiger charge is -2.28. The van der Waals surface area contributed by atoms with Crippen molar-refractivity contribution in [1.29, 1.82) is 0 Å². The van der Waals surface area contributed by atoms with Crippen molar-refractivity contribution in [3.8, 4) is 0 Å². The number of para-hydroxylation sites is 2. The van der Waals surface area contributed by atoms with E-state index in [1.807, 2.05) is 43.3 Å². The highest BCUT2D eigenvalue weighted by atomic mass is 32.2. The summed E-state index contributed by atoms with van der Waals surface area (Å²) in [5, 5.41) is 0. The normalized spacial score (nSPS) is 16.3. The molecule has 0 radical (unpaired) electrons. The van der Waals surface area contributed by atoms with Crippen LogP contribution in [0.4, 0.5) is 11.4 Å². The standard InChI is InChI=1S/C16H27N3O3S/c1-17(2)15-7-4-5-8-16(15)18(3)23(20,21)14-6-9-19-10-12-22-13-11-19/h4-5,7-8H,6,9-14H2,1-3H3. The van der Waals surface area contributed by atoms with E-state index < -0.39 is 10.0 Å². The summed E-state index contributed by atoms with van der Waals surface area (Å²) in [6.07, 6.45) is 0.636. The van der Waals surface area contributed by atoms with Crippen LogP contribution in [0.2, 0.25) is 0 Å². The van der Waals surface area contributed by atoms with Gasteiger partial charge in [0.05, 0.1) is 30.3 Å². The van der Waals surface area contributed by atoms with Crippen LogP contribution in [-0.2, 0) is 14.8 Å². The minimum atomic E-state index is -3.32. The first-order valence-corrected chi connectivity index (χ1v) is 9.56. The summed E-state index contributed by atoms with van der Waals surface area (Å²) in [7, 11) is 2.14. The summed E-state index contributed by atoms with van der Waals surface area (Å²) in [4.78, 5) is 4.18. The number of nitrogens with zero attached hydrogens (tertiary/aromatic N) is 3. The number of rotatable bonds is 7. The summed E-state index contributed by atoms with van der Waals surface area (Å²) < 4.78 is 31.9. The van der Waals surface area contributed by atoms with Gasteiger partial charge in [-0.25, -0.2) is 8.42 Å². The maximum absolute atomic E-state index is 12.6. The van der Waals surface area contributed by atoms with Crippen LogP contribution in [0.1, 0.15) is 6.42 Å². The van der Waals surface area contributed by atoms with Crippen LogP contribution in [0.15, 0.2) is 24.3 Å². The second-order valence-corrected chi connectivity index (χ2v) is 8.09. The van der Waals surface area contributed by atoms with Crippen molar-refractivity contribution in [3.05, 3.63) is 24.3 Å². The zero-order valence-electron chi connectivity index (χ0n) is 14.2. The Bertz CT molecular complexity index is 598. The quantitative estimate of drug-likeness (QED) is 0.747. The van der Waals surface area contributed by atoms with Crippen molar-refractivity contribution in [3.63, 3.8) is 0 Å². The van der Waals surface area contributed by atoms with Crippen molar-refractivity contribution in [2.24, 2.45) is 0 Å². The second-order valence-electron chi connectivity index (χ2n) is 5.97. The van der Waals surface area contributed by atoms with E-state index in [1.165, 1.54) is 4.31 Å². The first-order valence-electron chi connectivity index (χ1n) is 7.95. The van der Waals surface area contributed by atoms with Crippen molar-refractivity contribution < 1.29 is 13.2 Å². The Morgan fingerprint density at radius 1 is 1.09 bits per heavy atom. The minimum Gasteiger partial charge on any atom is -0.379 e. The van der Waals surface area contributed by atoms with Crippen molar-refractivity contribution in [1.82, 2.24) is 4.90 Å². The Morgan fingerprint density at radius 2 is 1.70 bits per heavy atom. The summed E-state index contributed by atoms with van der Waals surface area (Å²) in [5.41, 5.74) is 1.61. The Balaban J connectivity index is 1.98. The first-order chi connectivity index (χ1) is 10.9. The maximum Gasteiger partial charge on any atom is 0.235 e. The van der Waals surface area contributed by atoms with Gasteiger partial charge in [0, 0.05) is 34.2 Å². The second kappa shape index (κ2) is 7.99. The monoisotopic (exact) mass is 341 g/mol. The SMILES string of the molecule is CN(C)c1ccccc1N(C)S(=O)(=O)CCCN1CCOCC1. The molecule has 23 heavy (non-hydrogen) atoms. The molecule has 1 aliphatic rings. The van der Waals surface area contributed by atoms with Gasteiger partial charge < -0.3 is 9.64 Å². The largest absolute Gasteiger partial charge is 0.379 e. The highest BCUT2D eigenvalue weighted by molar-refractivity contribution is 7.92. The van der Waals surface area contributed by atoms with Crippen LogP contribution in [0.3, 0.4) is 0 Å². The fraction of sp³-hybridized carbons (Fsp3) is 0.625. The molecule has 0 aromatic heterocycles. The van der Waals surface area contributed by atoms with Crippen LogP contribution in [-0.4, -0.2) is 73.1 Å². The number of ether oxygens (including phenoxy) is 1. The molecule has 6 nitrogen and oxygen atoms in total. The minimum absolute atomic E-state index is 0.155. The third-order valence-electron chi connectivity index (χ3n) is 4.10. The van der Waals surface area contributed by atoms with Crippen LogP contribution in [0, 0.1) is 0 Å². The highest BCUT2D eigenvalue weighted by Crippen LogP contribution is 2.28. The Hall–Kier alpha value is -1.31. The number of morpholine rings is 1. The van der Waals surface area contributed by atoms with E-state index in [9.17, 15) is 8.42 Å². The van der Waals surface area contributed by atoms with Gasteiger partial charge in [0.2, 0.25) is 10.0 Å². The molecule has 2 rings (SSSR count). The van der Waals surface area contributed by atoms with Crippen LogP contribution >= 0.6 is 0 Å². The Kier molecular flexibility index (Phi) is 6.26. The summed E-state index contributed by atoms with van der Waals surface area (Å²) in [6.45, 7) is 4.05. The molecule has 0 unspecified atom stereocenters. The van der Waals surface area contributed by atoms with Crippen LogP contribution in [0.25, 0.3) is 0 Å². The molecular weight excluding hydrogens is 314 g/mol. The van der Waals surface area contributed by atoms with Crippen LogP contribution < -0.4 is 9.21 Å². The first kappa shape index (κ1) is 18.0. The number of hydrogen-bond acceptors (Lipinski definition) is 5. The van der Waals surface area contributed by atoms with Gasteiger partial charge in [-0.3, -0.25) is 9.21 Å². The van der Waals surface area contributed by atoms with Gasteiger partial charge in [0.1, 0.15) is 0 Å². The van der Waals surface area contributed by atoms with Gasteiger partial charge in [-0.2, -0.15) is 0 Å². The predicted molar refractivity (Wildman–Crippen MR) is 94.8 cm³/mol. The van der Waals surface area contributed by atoms with Gasteiger partial charge >= 0.3 is 0 Å². The fourth-order valence-corrected chi connectivity index (χ4v) is 3.91. The molecular formula is C16H27N3O3S. The lowest BCUT2D eigenvalue weighted by molar-refractivity contribution is 0.0381. The molecule has 1 aliphatic heterocycles. The molecule has 0 atom stereocenters. The van der Waals surface area contributed by atoms with Gasteiger partial charge in [0.25, 0.3) is 0 Å². The molecule has 0 bridgehead atoms. The van der Waals surface area contributed by atoms with Crippen molar-refractivity contribution in [2.45, 2.75) is 6.42 Å². The topological polar surface area (TPSA) is 53.1 Å². The van der Waals surface area contributed by atoms with E-state index in [-0.39, 0.29) is 5.75 Å². The van der Waals surface area contributed by atoms with E-state index in [4.69, 9.17) is 4.74 Å². The lowest BCUT2D eigenvalue weighted by atomic mass is 10.2. The van der Waals surface area contributed by atoms with Crippen molar-refractivity contribution >= 4 is 21.4 Å². The van der Waals surface area contributed by atoms with E-state index in [0.717, 1.165) is 38.5 Å². The third-order valence-corrected chi connectivity index (χ3v) is 5.94. The molecule has 0 N–H and O–H groups in total. The molecule has 1 aromatic rings. The highest BCUT2D eigenvalue weighted by Gasteiger charge is 2.21. The molecule has 0 aliphatic carbocycles. The number of benzene rings is 1. The number of sulfonamides is 1. The molecule has 1 aromatic carbocycles. The van der Waals surface area contributed by atoms with Gasteiger partial charge in [0.15, 0.2) is 0 Å². The van der Waals surface area contributed by atoms with Gasteiger partial charge in [-0.15, -0.1) is 0 Å². The van der Waals surface area contributed by atoms with E-state index >= 15 is 0 Å². The summed E-state index contributed by atoms with van der Waals surface area (Å²) in [5.74, 6) is 0.155. The van der Waals surface area contributed by atoms with E-state index in [2.05, 4.69) is 4.90 Å². The molecule has 7 heteroatoms. The maximum atomic E-state index is 12.6. The predicted octanol–water partition coefficient (Wildman–Crippen LogP) is 1.24. The number of hydrogen-bond donors (Lipinski definition) is 0. The molecule has 1 fully saturated rings. The average Bonchev–Trinajstić information content (AvgIpc) is 2.55. The smallest absolute Gasteiger partial charge is 0.235 e. The molecule has 0 spiro atoms. The Morgan fingerprint density at radius 3 is 2.30 bits per heavy atom. The summed E-state index contributed by atoms with van der Waals surface area (Å²) >= 11 is 0. The van der Waals surface area contributed by atoms with Crippen molar-refractivity contribution in [2.75, 3.05) is 68.9 Å².